The van der Waals surface area contributed by atoms with Gasteiger partial charge in [-0.2, -0.15) is 0 Å². The van der Waals surface area contributed by atoms with Crippen molar-refractivity contribution in [2.75, 3.05) is 84.9 Å². The highest BCUT2D eigenvalue weighted by Crippen LogP contribution is 2.33. The standard InChI is InChI=1S/C31H45N5O3S/c1-4-33-15-19-35(20-16-33)30-29-10-7-6-9-26(29)25-31(32-30,36-21-17-34(5-2)18-22-36)27-11-13-28(14-12-27)40(37,38)24-8-23-39-3/h6-7,9-14,25,32H,4-5,8,15-24H2,1-3H3. The highest BCUT2D eigenvalue weighted by molar-refractivity contribution is 7.91. The molecule has 2 fully saturated rings. The fourth-order valence-electron chi connectivity index (χ4n) is 6.24. The second-order valence-corrected chi connectivity index (χ2v) is 13.1. The summed E-state index contributed by atoms with van der Waals surface area (Å²) in [5.74, 6) is 1.26. The van der Waals surface area contributed by atoms with Crippen molar-refractivity contribution in [3.05, 3.63) is 64.5 Å². The number of nitrogens with one attached hydrogen (secondary N) is 1. The van der Waals surface area contributed by atoms with E-state index in [0.717, 1.165) is 71.0 Å². The van der Waals surface area contributed by atoms with Gasteiger partial charge in [0, 0.05) is 71.3 Å². The lowest BCUT2D eigenvalue weighted by Crippen LogP contribution is -2.65. The van der Waals surface area contributed by atoms with Crippen LogP contribution >= 0.6 is 0 Å². The van der Waals surface area contributed by atoms with Crippen molar-refractivity contribution >= 4 is 21.7 Å². The van der Waals surface area contributed by atoms with Gasteiger partial charge in [0.25, 0.3) is 0 Å². The summed E-state index contributed by atoms with van der Waals surface area (Å²) in [4.78, 5) is 10.4. The van der Waals surface area contributed by atoms with Gasteiger partial charge in [0.15, 0.2) is 9.84 Å². The third kappa shape index (κ3) is 5.94. The summed E-state index contributed by atoms with van der Waals surface area (Å²) < 4.78 is 31.1. The van der Waals surface area contributed by atoms with E-state index in [2.05, 4.69) is 69.1 Å². The maximum Gasteiger partial charge on any atom is 0.178 e. The van der Waals surface area contributed by atoms with Gasteiger partial charge in [0.1, 0.15) is 11.5 Å². The number of hydrogen-bond donors (Lipinski definition) is 1. The van der Waals surface area contributed by atoms with Crippen molar-refractivity contribution in [3.8, 4) is 0 Å². The van der Waals surface area contributed by atoms with E-state index in [1.165, 1.54) is 16.3 Å². The van der Waals surface area contributed by atoms with Crippen molar-refractivity contribution in [3.63, 3.8) is 0 Å². The van der Waals surface area contributed by atoms with Crippen LogP contribution in [0.15, 0.2) is 53.4 Å². The second kappa shape index (κ2) is 12.6. The van der Waals surface area contributed by atoms with Crippen LogP contribution in [0.1, 0.15) is 25.8 Å². The van der Waals surface area contributed by atoms with Gasteiger partial charge in [-0.25, -0.2) is 8.42 Å². The zero-order chi connectivity index (χ0) is 28.2. The first-order valence-corrected chi connectivity index (χ1v) is 16.4. The fraction of sp³-hybridized carbons (Fsp3) is 0.548. The minimum absolute atomic E-state index is 0.0870. The van der Waals surface area contributed by atoms with E-state index in [4.69, 9.17) is 4.74 Å². The van der Waals surface area contributed by atoms with Crippen molar-refractivity contribution in [1.29, 1.82) is 0 Å². The molecular weight excluding hydrogens is 522 g/mol. The third-order valence-electron chi connectivity index (χ3n) is 8.76. The van der Waals surface area contributed by atoms with Crippen LogP contribution in [0.4, 0.5) is 0 Å². The SMILES string of the molecule is CCN1CCN(C2=c3ccccc3=CC(c3ccc(S(=O)(=O)CCCOC)cc3)(N3CCN(CC)CC3)N2)CC1. The van der Waals surface area contributed by atoms with Crippen LogP contribution in [0, 0.1) is 0 Å². The number of ether oxygens (including phenoxy) is 1. The Bertz CT molecular complexity index is 1360. The Hall–Kier alpha value is -2.43. The predicted octanol–water partition coefficient (Wildman–Crippen LogP) is 1.07. The first-order chi connectivity index (χ1) is 19.4. The number of fused-ring (bicyclic) bond motifs is 1. The van der Waals surface area contributed by atoms with Crippen molar-refractivity contribution < 1.29 is 13.2 Å². The minimum Gasteiger partial charge on any atom is -0.385 e. The highest BCUT2D eigenvalue weighted by atomic mass is 32.2. The number of methoxy groups -OCH3 is 1. The zero-order valence-corrected chi connectivity index (χ0v) is 25.1. The molecule has 1 unspecified atom stereocenters. The first kappa shape index (κ1) is 29.1. The van der Waals surface area contributed by atoms with Crippen molar-refractivity contribution in [1.82, 2.24) is 24.9 Å². The molecule has 8 nitrogen and oxygen atoms in total. The lowest BCUT2D eigenvalue weighted by atomic mass is 9.91. The number of likely N-dealkylation sites (N-methyl/N-ethyl adjacent to an activating group) is 2. The zero-order valence-electron chi connectivity index (χ0n) is 24.3. The molecule has 2 aromatic carbocycles. The summed E-state index contributed by atoms with van der Waals surface area (Å²) >= 11 is 0. The highest BCUT2D eigenvalue weighted by Gasteiger charge is 2.41. The molecule has 0 amide bonds. The van der Waals surface area contributed by atoms with Crippen LogP contribution in [-0.2, 0) is 20.2 Å². The average molecular weight is 568 g/mol. The van der Waals surface area contributed by atoms with Crippen LogP contribution in [-0.4, -0.2) is 113 Å². The summed E-state index contributed by atoms with van der Waals surface area (Å²) in [7, 11) is -1.77. The molecule has 0 bridgehead atoms. The molecule has 0 spiro atoms. The number of sulfone groups is 1. The molecule has 2 aromatic rings. The normalized spacial score (nSPS) is 23.0. The first-order valence-electron chi connectivity index (χ1n) is 14.8. The number of benzene rings is 2. The quantitative estimate of drug-likeness (QED) is 0.428. The maximum atomic E-state index is 13.0. The number of nitrogens with zero attached hydrogens (tertiary/aromatic N) is 4. The summed E-state index contributed by atoms with van der Waals surface area (Å²) in [5, 5.41) is 6.50. The Morgan fingerprint density at radius 3 is 2.10 bits per heavy atom. The van der Waals surface area contributed by atoms with Crippen LogP contribution < -0.4 is 15.8 Å². The van der Waals surface area contributed by atoms with Gasteiger partial charge in [-0.15, -0.1) is 0 Å². The van der Waals surface area contributed by atoms with Crippen LogP contribution in [0.3, 0.4) is 0 Å². The molecule has 0 aromatic heterocycles. The maximum absolute atomic E-state index is 13.0. The van der Waals surface area contributed by atoms with Crippen molar-refractivity contribution in [2.24, 2.45) is 0 Å². The molecular formula is C31H45N5O3S. The molecule has 1 atom stereocenters. The van der Waals surface area contributed by atoms with Gasteiger partial charge < -0.3 is 24.8 Å². The molecule has 0 radical (unpaired) electrons. The molecule has 3 aliphatic rings. The fourth-order valence-corrected chi connectivity index (χ4v) is 7.52. The molecule has 40 heavy (non-hydrogen) atoms. The van der Waals surface area contributed by atoms with Gasteiger partial charge >= 0.3 is 0 Å². The Morgan fingerprint density at radius 1 is 0.850 bits per heavy atom. The van der Waals surface area contributed by atoms with Gasteiger partial charge in [-0.1, -0.05) is 50.2 Å². The lowest BCUT2D eigenvalue weighted by Gasteiger charge is -2.50. The van der Waals surface area contributed by atoms with Crippen LogP contribution in [0.2, 0.25) is 0 Å². The van der Waals surface area contributed by atoms with Crippen molar-refractivity contribution in [2.45, 2.75) is 30.8 Å². The summed E-state index contributed by atoms with van der Waals surface area (Å²) in [5.41, 5.74) is 0.483. The monoisotopic (exact) mass is 567 g/mol. The summed E-state index contributed by atoms with van der Waals surface area (Å²) in [6, 6.07) is 16.3. The van der Waals surface area contributed by atoms with Gasteiger partial charge in [0.2, 0.25) is 0 Å². The van der Waals surface area contributed by atoms with E-state index in [1.807, 2.05) is 12.1 Å². The van der Waals surface area contributed by atoms with E-state index < -0.39 is 15.5 Å². The Kier molecular flexibility index (Phi) is 9.17. The minimum atomic E-state index is -3.37. The van der Waals surface area contributed by atoms with Crippen LogP contribution in [0.25, 0.3) is 11.9 Å². The predicted molar refractivity (Wildman–Crippen MR) is 161 cm³/mol. The third-order valence-corrected chi connectivity index (χ3v) is 10.6. The number of hydrogen-bond acceptors (Lipinski definition) is 8. The molecule has 5 rings (SSSR count). The molecule has 0 aliphatic carbocycles. The Labute approximate surface area is 239 Å². The molecule has 3 heterocycles. The molecule has 2 saturated heterocycles. The lowest BCUT2D eigenvalue weighted by molar-refractivity contribution is 0.0514. The van der Waals surface area contributed by atoms with Gasteiger partial charge in [-0.3, -0.25) is 4.90 Å². The van der Waals surface area contributed by atoms with E-state index in [-0.39, 0.29) is 5.75 Å². The van der Waals surface area contributed by atoms with E-state index in [0.29, 0.717) is 17.9 Å². The molecule has 218 valence electrons. The summed E-state index contributed by atoms with van der Waals surface area (Å²) in [6.45, 7) is 14.9. The molecule has 1 N–H and O–H groups in total. The Balaban J connectivity index is 1.56. The molecule has 9 heteroatoms. The van der Waals surface area contributed by atoms with Gasteiger partial charge in [-0.05, 0) is 48.5 Å². The van der Waals surface area contributed by atoms with Crippen LogP contribution in [0.5, 0.6) is 0 Å². The Morgan fingerprint density at radius 2 is 1.48 bits per heavy atom. The van der Waals surface area contributed by atoms with E-state index >= 15 is 0 Å². The second-order valence-electron chi connectivity index (χ2n) is 11.0. The molecule has 0 saturated carbocycles. The molecule has 3 aliphatic heterocycles. The number of piperazine rings is 2. The van der Waals surface area contributed by atoms with Gasteiger partial charge in [0.05, 0.1) is 10.6 Å². The van der Waals surface area contributed by atoms with E-state index in [1.54, 1.807) is 19.2 Å². The topological polar surface area (TPSA) is 68.4 Å². The average Bonchev–Trinajstić information content (AvgIpc) is 3.00. The smallest absolute Gasteiger partial charge is 0.178 e. The van der Waals surface area contributed by atoms with E-state index in [9.17, 15) is 8.42 Å². The number of rotatable bonds is 10. The largest absolute Gasteiger partial charge is 0.385 e. The summed E-state index contributed by atoms with van der Waals surface area (Å²) in [6.07, 6.45) is 2.85.